The highest BCUT2D eigenvalue weighted by Crippen LogP contribution is 2.40. The van der Waals surface area contributed by atoms with Crippen molar-refractivity contribution in [2.45, 2.75) is 59.3 Å². The van der Waals surface area contributed by atoms with Crippen LogP contribution in [0.2, 0.25) is 0 Å². The fourth-order valence-corrected chi connectivity index (χ4v) is 4.77. The summed E-state index contributed by atoms with van der Waals surface area (Å²) in [6, 6.07) is 4.71. The number of halogens is 1. The van der Waals surface area contributed by atoms with Crippen LogP contribution in [0.3, 0.4) is 0 Å². The van der Waals surface area contributed by atoms with Crippen LogP contribution >= 0.6 is 0 Å². The van der Waals surface area contributed by atoms with Gasteiger partial charge in [0, 0.05) is 28.1 Å². The minimum atomic E-state index is -1.92. The van der Waals surface area contributed by atoms with Gasteiger partial charge < -0.3 is 19.2 Å². The minimum absolute atomic E-state index is 0.0512. The lowest BCUT2D eigenvalue weighted by Crippen LogP contribution is -2.44. The van der Waals surface area contributed by atoms with Gasteiger partial charge in [0.05, 0.1) is 35.2 Å². The number of pyridine rings is 2. The van der Waals surface area contributed by atoms with Crippen molar-refractivity contribution in [3.63, 3.8) is 0 Å². The van der Waals surface area contributed by atoms with Crippen molar-refractivity contribution < 1.29 is 23.9 Å². The summed E-state index contributed by atoms with van der Waals surface area (Å²) in [6.07, 6.45) is 2.60. The molecule has 0 fully saturated rings. The molecule has 3 aromatic rings. The van der Waals surface area contributed by atoms with E-state index >= 15 is 0 Å². The smallest absolute Gasteiger partial charge is 0.343 e. The Bertz CT molecular complexity index is 1500. The Kier molecular flexibility index (Phi) is 5.90. The van der Waals surface area contributed by atoms with Crippen LogP contribution < -0.4 is 5.56 Å². The van der Waals surface area contributed by atoms with Crippen LogP contribution in [-0.4, -0.2) is 33.4 Å². The lowest BCUT2D eigenvalue weighted by atomic mass is 9.86. The molecule has 36 heavy (non-hydrogen) atoms. The number of fused-ring (bicyclic) bond motifs is 5. The second-order valence-electron chi connectivity index (χ2n) is 9.62. The first-order valence-electron chi connectivity index (χ1n) is 12.1. The minimum Gasteiger partial charge on any atom is -0.458 e. The number of aliphatic hydroxyl groups is 1. The number of oxime groups is 1. The Labute approximate surface area is 207 Å². The van der Waals surface area contributed by atoms with Gasteiger partial charge in [0.15, 0.2) is 5.60 Å². The quantitative estimate of drug-likeness (QED) is 0.248. The average Bonchev–Trinajstić information content (AvgIpc) is 3.23. The second kappa shape index (κ2) is 8.81. The number of ether oxygens (including phenoxy) is 1. The van der Waals surface area contributed by atoms with E-state index in [2.05, 4.69) is 19.0 Å². The van der Waals surface area contributed by atoms with Crippen LogP contribution in [0.25, 0.3) is 22.3 Å². The van der Waals surface area contributed by atoms with Crippen LogP contribution in [-0.2, 0) is 33.1 Å². The lowest BCUT2D eigenvalue weighted by molar-refractivity contribution is -0.172. The van der Waals surface area contributed by atoms with Crippen molar-refractivity contribution in [3.8, 4) is 11.4 Å². The number of carbonyl (C=O) groups is 1. The zero-order valence-corrected chi connectivity index (χ0v) is 20.7. The van der Waals surface area contributed by atoms with Gasteiger partial charge in [-0.2, -0.15) is 0 Å². The molecule has 1 N–H and O–H groups in total. The number of aryl methyl sites for hydroxylation is 1. The maximum Gasteiger partial charge on any atom is 0.343 e. The number of hydrogen-bond acceptors (Lipinski definition) is 7. The molecule has 0 aliphatic carbocycles. The molecule has 0 amide bonds. The summed E-state index contributed by atoms with van der Waals surface area (Å²) in [6.45, 7) is 7.94. The number of hydrogen-bond donors (Lipinski definition) is 1. The van der Waals surface area contributed by atoms with Crippen molar-refractivity contribution >= 4 is 23.1 Å². The number of nitrogens with zero attached hydrogens (tertiary/aromatic N) is 3. The van der Waals surface area contributed by atoms with Gasteiger partial charge in [-0.05, 0) is 37.0 Å². The summed E-state index contributed by atoms with van der Waals surface area (Å²) in [7, 11) is 0. The first kappa shape index (κ1) is 24.1. The topological polar surface area (TPSA) is 103 Å². The summed E-state index contributed by atoms with van der Waals surface area (Å²) in [5, 5.41) is 15.9. The molecule has 0 spiro atoms. The molecule has 1 aromatic carbocycles. The molecule has 4 heterocycles. The number of esters is 1. The Hall–Kier alpha value is -3.59. The summed E-state index contributed by atoms with van der Waals surface area (Å²) >= 11 is 0. The van der Waals surface area contributed by atoms with Gasteiger partial charge in [-0.15, -0.1) is 0 Å². The van der Waals surface area contributed by atoms with Crippen molar-refractivity contribution in [1.82, 2.24) is 9.55 Å². The summed E-state index contributed by atoms with van der Waals surface area (Å²) in [5.74, 6) is -0.833. The van der Waals surface area contributed by atoms with Crippen LogP contribution in [0.4, 0.5) is 4.39 Å². The number of rotatable bonds is 6. The van der Waals surface area contributed by atoms with Gasteiger partial charge in [-0.25, -0.2) is 14.2 Å². The molecule has 2 aromatic heterocycles. The average molecular weight is 494 g/mol. The highest BCUT2D eigenvalue weighted by atomic mass is 19.1. The van der Waals surface area contributed by atoms with E-state index in [0.29, 0.717) is 45.9 Å². The zero-order chi connectivity index (χ0) is 25.8. The van der Waals surface area contributed by atoms with E-state index in [0.717, 1.165) is 12.0 Å². The molecule has 0 saturated carbocycles. The van der Waals surface area contributed by atoms with E-state index in [-0.39, 0.29) is 36.3 Å². The van der Waals surface area contributed by atoms with E-state index in [1.807, 2.05) is 0 Å². The number of benzene rings is 1. The molecule has 1 unspecified atom stereocenters. The van der Waals surface area contributed by atoms with Crippen LogP contribution in [0, 0.1) is 18.7 Å². The second-order valence-corrected chi connectivity index (χ2v) is 9.62. The van der Waals surface area contributed by atoms with Crippen LogP contribution in [0.1, 0.15) is 61.4 Å². The molecule has 2 atom stereocenters. The van der Waals surface area contributed by atoms with Gasteiger partial charge in [-0.3, -0.25) is 4.79 Å². The largest absolute Gasteiger partial charge is 0.458 e. The zero-order valence-electron chi connectivity index (χ0n) is 20.7. The third kappa shape index (κ3) is 3.61. The van der Waals surface area contributed by atoms with Crippen molar-refractivity contribution in [2.24, 2.45) is 11.1 Å². The maximum absolute atomic E-state index is 14.5. The van der Waals surface area contributed by atoms with E-state index in [9.17, 15) is 19.1 Å². The van der Waals surface area contributed by atoms with Crippen LogP contribution in [0.15, 0.2) is 28.1 Å². The molecule has 0 saturated heterocycles. The SMILES string of the molecule is CCC(C)CO/N=C/c1c2c(nc3cc(F)c(C)cc13)-c1cc3c(c(=O)n1C2)COC(=O)[C@]3(O)CC. The van der Waals surface area contributed by atoms with E-state index in [4.69, 9.17) is 14.6 Å². The van der Waals surface area contributed by atoms with Crippen molar-refractivity contribution in [1.29, 1.82) is 0 Å². The number of aromatic nitrogens is 2. The molecule has 9 heteroatoms. The first-order chi connectivity index (χ1) is 17.2. The third-order valence-electron chi connectivity index (χ3n) is 7.32. The standard InChI is InChI=1S/C27H28FN3O5/c1-5-14(3)12-36-29-10-17-16-7-15(4)21(28)9-22(16)30-24-18(17)11-31-23(24)8-20-19(25(31)32)13-35-26(33)27(20,34)6-2/h7-10,14,34H,5-6,11-13H2,1-4H3/b29-10+/t14?,27-/m0/s1. The normalized spacial score (nSPS) is 19.2. The Balaban J connectivity index is 1.72. The maximum atomic E-state index is 14.5. The Morgan fingerprint density at radius 3 is 2.81 bits per heavy atom. The summed E-state index contributed by atoms with van der Waals surface area (Å²) < 4.78 is 21.2. The Morgan fingerprint density at radius 2 is 2.08 bits per heavy atom. The van der Waals surface area contributed by atoms with Crippen molar-refractivity contribution in [3.05, 3.63) is 62.2 Å². The van der Waals surface area contributed by atoms with E-state index in [1.165, 1.54) is 6.07 Å². The molecule has 0 bridgehead atoms. The molecule has 0 radical (unpaired) electrons. The molecular weight excluding hydrogens is 465 g/mol. The number of carbonyl (C=O) groups excluding carboxylic acids is 1. The van der Waals surface area contributed by atoms with Crippen LogP contribution in [0.5, 0.6) is 0 Å². The molecule has 2 aliphatic rings. The van der Waals surface area contributed by atoms with E-state index < -0.39 is 17.4 Å². The van der Waals surface area contributed by atoms with Gasteiger partial charge in [0.2, 0.25) is 0 Å². The Morgan fingerprint density at radius 1 is 1.31 bits per heavy atom. The third-order valence-corrected chi connectivity index (χ3v) is 7.32. The monoisotopic (exact) mass is 493 g/mol. The molecule has 5 rings (SSSR count). The van der Waals surface area contributed by atoms with Gasteiger partial charge in [0.1, 0.15) is 19.0 Å². The highest BCUT2D eigenvalue weighted by molar-refractivity contribution is 6.02. The van der Waals surface area contributed by atoms with E-state index in [1.54, 1.807) is 36.8 Å². The molecule has 2 aliphatic heterocycles. The predicted octanol–water partition coefficient (Wildman–Crippen LogP) is 3.92. The molecule has 8 nitrogen and oxygen atoms in total. The summed E-state index contributed by atoms with van der Waals surface area (Å²) in [5.41, 5.74) is 1.41. The van der Waals surface area contributed by atoms with Gasteiger partial charge in [-0.1, -0.05) is 32.3 Å². The first-order valence-corrected chi connectivity index (χ1v) is 12.1. The fourth-order valence-electron chi connectivity index (χ4n) is 4.77. The molecular formula is C27H28FN3O5. The fraction of sp³-hybridized carbons (Fsp3) is 0.407. The highest BCUT2D eigenvalue weighted by Gasteiger charge is 2.45. The number of cyclic esters (lactones) is 1. The lowest BCUT2D eigenvalue weighted by Gasteiger charge is -2.31. The molecule has 188 valence electrons. The van der Waals surface area contributed by atoms with Crippen molar-refractivity contribution in [2.75, 3.05) is 6.61 Å². The predicted molar refractivity (Wildman–Crippen MR) is 132 cm³/mol. The van der Waals surface area contributed by atoms with Gasteiger partial charge >= 0.3 is 5.97 Å². The summed E-state index contributed by atoms with van der Waals surface area (Å²) in [4.78, 5) is 36.1. The van der Waals surface area contributed by atoms with Gasteiger partial charge in [0.25, 0.3) is 5.56 Å².